The van der Waals surface area contributed by atoms with Gasteiger partial charge in [-0.1, -0.05) is 0 Å². The molecule has 2 aromatic heterocycles. The molecule has 0 bridgehead atoms. The molecule has 1 N–H and O–H groups in total. The Morgan fingerprint density at radius 2 is 2.18 bits per heavy atom. The zero-order valence-corrected chi connectivity index (χ0v) is 15.5. The third-order valence-corrected chi connectivity index (χ3v) is 5.48. The van der Waals surface area contributed by atoms with Crippen LogP contribution in [0.4, 0.5) is 8.78 Å². The number of halogens is 2. The fourth-order valence-corrected chi connectivity index (χ4v) is 4.11. The molecule has 2 atom stereocenters. The summed E-state index contributed by atoms with van der Waals surface area (Å²) in [6.07, 6.45) is -1.70. The van der Waals surface area contributed by atoms with Crippen LogP contribution in [0.1, 0.15) is 29.8 Å². The van der Waals surface area contributed by atoms with Gasteiger partial charge in [-0.15, -0.1) is 11.3 Å². The van der Waals surface area contributed by atoms with Crippen LogP contribution in [0.2, 0.25) is 0 Å². The number of benzene rings is 1. The van der Waals surface area contributed by atoms with Crippen molar-refractivity contribution in [2.75, 3.05) is 0 Å². The maximum atomic E-state index is 14.9. The Labute approximate surface area is 162 Å². The van der Waals surface area contributed by atoms with Crippen LogP contribution in [0.3, 0.4) is 0 Å². The minimum Gasteiger partial charge on any atom is -0.457 e. The Hall–Kier alpha value is -3.02. The smallest absolute Gasteiger partial charge is 0.259 e. The number of nitriles is 1. The normalized spacial score (nSPS) is 20.6. The molecule has 28 heavy (non-hydrogen) atoms. The molecule has 1 aromatic carbocycles. The van der Waals surface area contributed by atoms with Gasteiger partial charge in [-0.05, 0) is 36.6 Å². The molecule has 0 radical (unpaired) electrons. The van der Waals surface area contributed by atoms with E-state index in [4.69, 9.17) is 10.00 Å². The van der Waals surface area contributed by atoms with Gasteiger partial charge in [0.05, 0.1) is 17.3 Å². The molecule has 2 heterocycles. The number of aliphatic hydroxyl groups excluding tert-OH is 1. The molecule has 0 saturated carbocycles. The second-order valence-corrected chi connectivity index (χ2v) is 7.67. The summed E-state index contributed by atoms with van der Waals surface area (Å²) >= 11 is 1.28. The van der Waals surface area contributed by atoms with E-state index in [0.717, 1.165) is 12.1 Å². The summed E-state index contributed by atoms with van der Waals surface area (Å²) < 4.78 is 35.6. The van der Waals surface area contributed by atoms with Crippen LogP contribution in [0.15, 0.2) is 46.6 Å². The quantitative estimate of drug-likeness (QED) is 0.721. The van der Waals surface area contributed by atoms with Crippen molar-refractivity contribution in [3.05, 3.63) is 74.8 Å². The monoisotopic (exact) mass is 400 g/mol. The summed E-state index contributed by atoms with van der Waals surface area (Å²) in [5.74, 6) is -0.635. The number of rotatable bonds is 3. The van der Waals surface area contributed by atoms with Gasteiger partial charge in [0.25, 0.3) is 5.56 Å². The predicted octanol–water partition coefficient (Wildman–Crippen LogP) is 4.02. The second kappa shape index (κ2) is 6.55. The first kappa shape index (κ1) is 18.3. The number of aromatic nitrogens is 1. The Balaban J connectivity index is 1.90. The molecule has 5 nitrogen and oxygen atoms in total. The standard InChI is InChI=1S/C20H14F2N2O3S/c1-20(22)9-14-15(27-13-6-11(10-23)5-12(21)7-13)8-16(25)24(18(14)19(20)26)17-3-2-4-28-17/h2-8,19,26H,9H2,1H3. The minimum absolute atomic E-state index is 0.00831. The molecule has 0 saturated heterocycles. The summed E-state index contributed by atoms with van der Waals surface area (Å²) in [4.78, 5) is 12.8. The number of thiophene rings is 1. The molecule has 142 valence electrons. The molecule has 0 fully saturated rings. The third kappa shape index (κ3) is 2.99. The van der Waals surface area contributed by atoms with Crippen LogP contribution in [-0.4, -0.2) is 15.3 Å². The van der Waals surface area contributed by atoms with E-state index in [9.17, 15) is 18.7 Å². The number of aliphatic hydroxyl groups is 1. The molecule has 4 rings (SSSR count). The van der Waals surface area contributed by atoms with E-state index in [1.807, 2.05) is 6.07 Å². The molecule has 0 aliphatic heterocycles. The van der Waals surface area contributed by atoms with Crippen molar-refractivity contribution >= 4 is 11.3 Å². The van der Waals surface area contributed by atoms with Gasteiger partial charge in [0.2, 0.25) is 0 Å². The predicted molar refractivity (Wildman–Crippen MR) is 99.3 cm³/mol. The van der Waals surface area contributed by atoms with Gasteiger partial charge in [0, 0.05) is 24.1 Å². The Morgan fingerprint density at radius 3 is 2.86 bits per heavy atom. The van der Waals surface area contributed by atoms with Crippen molar-refractivity contribution < 1.29 is 18.6 Å². The topological polar surface area (TPSA) is 75.2 Å². The molecule has 3 aromatic rings. The van der Waals surface area contributed by atoms with Crippen molar-refractivity contribution in [3.63, 3.8) is 0 Å². The van der Waals surface area contributed by atoms with Gasteiger partial charge < -0.3 is 9.84 Å². The molecule has 1 aliphatic carbocycles. The Kier molecular flexibility index (Phi) is 4.29. The summed E-state index contributed by atoms with van der Waals surface area (Å²) in [5.41, 5.74) is -2.01. The summed E-state index contributed by atoms with van der Waals surface area (Å²) in [6, 6.07) is 9.88. The van der Waals surface area contributed by atoms with E-state index in [0.29, 0.717) is 10.6 Å². The lowest BCUT2D eigenvalue weighted by Gasteiger charge is -2.19. The number of nitrogens with zero attached hydrogens (tertiary/aromatic N) is 2. The summed E-state index contributed by atoms with van der Waals surface area (Å²) in [6.45, 7) is 1.25. The van der Waals surface area contributed by atoms with Crippen LogP contribution in [0.25, 0.3) is 5.00 Å². The van der Waals surface area contributed by atoms with Crippen molar-refractivity contribution in [1.82, 2.24) is 4.57 Å². The number of alkyl halides is 1. The lowest BCUT2D eigenvalue weighted by atomic mass is 10.0. The molecular weight excluding hydrogens is 386 g/mol. The first-order chi connectivity index (χ1) is 13.3. The number of ether oxygens (including phenoxy) is 1. The SMILES string of the molecule is CC1(F)Cc2c(Oc3cc(F)cc(C#N)c3)cc(=O)n(-c3cccs3)c2C1O. The number of pyridine rings is 1. The van der Waals surface area contributed by atoms with Gasteiger partial charge in [0.15, 0.2) is 0 Å². The lowest BCUT2D eigenvalue weighted by molar-refractivity contribution is 0.0146. The van der Waals surface area contributed by atoms with Crippen LogP contribution < -0.4 is 10.3 Å². The Bertz CT molecular complexity index is 1160. The van der Waals surface area contributed by atoms with Crippen LogP contribution in [0, 0.1) is 17.1 Å². The van der Waals surface area contributed by atoms with Crippen LogP contribution >= 0.6 is 11.3 Å². The number of hydrogen-bond donors (Lipinski definition) is 1. The van der Waals surface area contributed by atoms with Crippen molar-refractivity contribution in [1.29, 1.82) is 5.26 Å². The maximum Gasteiger partial charge on any atom is 0.259 e. The van der Waals surface area contributed by atoms with E-state index in [-0.39, 0.29) is 29.2 Å². The van der Waals surface area contributed by atoms with Gasteiger partial charge >= 0.3 is 0 Å². The highest BCUT2D eigenvalue weighted by atomic mass is 32.1. The first-order valence-electron chi connectivity index (χ1n) is 8.38. The van der Waals surface area contributed by atoms with E-state index in [1.54, 1.807) is 17.5 Å². The van der Waals surface area contributed by atoms with Gasteiger partial charge in [-0.2, -0.15) is 5.26 Å². The molecule has 2 unspecified atom stereocenters. The first-order valence-corrected chi connectivity index (χ1v) is 9.26. The van der Waals surface area contributed by atoms with Gasteiger partial charge in [0.1, 0.15) is 34.1 Å². The fraction of sp³-hybridized carbons (Fsp3) is 0.200. The molecule has 1 aliphatic rings. The zero-order valence-electron chi connectivity index (χ0n) is 14.6. The molecule has 0 spiro atoms. The van der Waals surface area contributed by atoms with Crippen molar-refractivity contribution in [2.24, 2.45) is 0 Å². The number of fused-ring (bicyclic) bond motifs is 1. The van der Waals surface area contributed by atoms with E-state index < -0.39 is 23.1 Å². The van der Waals surface area contributed by atoms with Crippen molar-refractivity contribution in [2.45, 2.75) is 25.1 Å². The largest absolute Gasteiger partial charge is 0.457 e. The van der Waals surface area contributed by atoms with Crippen LogP contribution in [-0.2, 0) is 6.42 Å². The van der Waals surface area contributed by atoms with Crippen molar-refractivity contribution in [3.8, 4) is 22.6 Å². The van der Waals surface area contributed by atoms with E-state index in [2.05, 4.69) is 0 Å². The lowest BCUT2D eigenvalue weighted by Crippen LogP contribution is -2.27. The molecule has 8 heteroatoms. The minimum atomic E-state index is -1.99. The highest BCUT2D eigenvalue weighted by molar-refractivity contribution is 7.12. The summed E-state index contributed by atoms with van der Waals surface area (Å²) in [7, 11) is 0. The highest BCUT2D eigenvalue weighted by Gasteiger charge is 2.46. The summed E-state index contributed by atoms with van der Waals surface area (Å²) in [5, 5.41) is 21.8. The number of hydrogen-bond acceptors (Lipinski definition) is 5. The third-order valence-electron chi connectivity index (χ3n) is 4.63. The second-order valence-electron chi connectivity index (χ2n) is 6.74. The average molecular weight is 400 g/mol. The van der Waals surface area contributed by atoms with E-state index in [1.165, 1.54) is 35.0 Å². The van der Waals surface area contributed by atoms with Crippen LogP contribution in [0.5, 0.6) is 11.5 Å². The molecule has 0 amide bonds. The highest BCUT2D eigenvalue weighted by Crippen LogP contribution is 2.46. The van der Waals surface area contributed by atoms with Gasteiger partial charge in [-0.25, -0.2) is 8.78 Å². The molecular formula is C20H14F2N2O3S. The Morgan fingerprint density at radius 1 is 1.39 bits per heavy atom. The maximum absolute atomic E-state index is 14.9. The zero-order chi connectivity index (χ0) is 20.1. The van der Waals surface area contributed by atoms with E-state index >= 15 is 0 Å². The average Bonchev–Trinajstić information content (AvgIpc) is 3.23. The van der Waals surface area contributed by atoms with Gasteiger partial charge in [-0.3, -0.25) is 9.36 Å². The fourth-order valence-electron chi connectivity index (χ4n) is 3.36.